The van der Waals surface area contributed by atoms with Crippen LogP contribution in [0.1, 0.15) is 25.5 Å². The molecule has 2 nitrogen and oxygen atoms in total. The molecule has 12 heavy (non-hydrogen) atoms. The number of hydrogen-bond donors (Lipinski definition) is 1. The largest absolute Gasteiger partial charge is 0.396 e. The van der Waals surface area contributed by atoms with Gasteiger partial charge in [-0.15, -0.1) is 11.3 Å². The second-order valence-corrected chi connectivity index (χ2v) is 4.72. The predicted octanol–water partition coefficient (Wildman–Crippen LogP) is 1.88. The maximum Gasteiger partial charge on any atom is 0.0794 e. The zero-order chi connectivity index (χ0) is 8.77. The minimum Gasteiger partial charge on any atom is -0.396 e. The Morgan fingerprint density at radius 3 is 2.83 bits per heavy atom. The minimum atomic E-state index is 0.253. The third-order valence-electron chi connectivity index (χ3n) is 3.02. The van der Waals surface area contributed by atoms with E-state index in [2.05, 4.69) is 24.2 Å². The quantitative estimate of drug-likeness (QED) is 0.759. The Hall–Kier alpha value is -0.410. The van der Waals surface area contributed by atoms with Crippen LogP contribution in [-0.4, -0.2) is 16.7 Å². The molecule has 3 heteroatoms. The molecule has 2 atom stereocenters. The molecule has 0 bridgehead atoms. The Bertz CT molecular complexity index is 268. The van der Waals surface area contributed by atoms with E-state index in [0.29, 0.717) is 11.8 Å². The third kappa shape index (κ3) is 1.00. The molecule has 1 aromatic rings. The molecule has 1 saturated carbocycles. The third-order valence-corrected chi connectivity index (χ3v) is 3.62. The van der Waals surface area contributed by atoms with Gasteiger partial charge in [0.05, 0.1) is 11.2 Å². The first kappa shape index (κ1) is 8.20. The van der Waals surface area contributed by atoms with Crippen LogP contribution in [0.2, 0.25) is 0 Å². The van der Waals surface area contributed by atoms with Gasteiger partial charge in [0.2, 0.25) is 0 Å². The first-order valence-corrected chi connectivity index (χ1v) is 5.11. The van der Waals surface area contributed by atoms with Gasteiger partial charge in [-0.25, -0.2) is 4.98 Å². The smallest absolute Gasteiger partial charge is 0.0794 e. The molecule has 0 aliphatic heterocycles. The van der Waals surface area contributed by atoms with E-state index in [1.807, 2.05) is 5.51 Å². The fourth-order valence-electron chi connectivity index (χ4n) is 2.05. The normalized spacial score (nSPS) is 31.9. The second kappa shape index (κ2) is 2.54. The Kier molecular flexibility index (Phi) is 1.73. The van der Waals surface area contributed by atoms with Crippen molar-refractivity contribution in [3.05, 3.63) is 16.6 Å². The summed E-state index contributed by atoms with van der Waals surface area (Å²) in [5.41, 5.74) is 3.27. The highest BCUT2D eigenvalue weighted by molar-refractivity contribution is 7.07. The van der Waals surface area contributed by atoms with Gasteiger partial charge in [-0.2, -0.15) is 0 Å². The van der Waals surface area contributed by atoms with Crippen molar-refractivity contribution >= 4 is 11.3 Å². The molecule has 1 aromatic heterocycles. The fourth-order valence-corrected chi connectivity index (χ4v) is 2.64. The lowest BCUT2D eigenvalue weighted by Gasteiger charge is -1.97. The summed E-state index contributed by atoms with van der Waals surface area (Å²) in [4.78, 5) is 4.28. The van der Waals surface area contributed by atoms with Gasteiger partial charge >= 0.3 is 0 Å². The van der Waals surface area contributed by atoms with Crippen LogP contribution in [0.5, 0.6) is 0 Å². The van der Waals surface area contributed by atoms with Crippen LogP contribution >= 0.6 is 11.3 Å². The molecule has 0 saturated heterocycles. The Balaban J connectivity index is 2.19. The molecule has 66 valence electrons. The maximum absolute atomic E-state index is 9.09. The van der Waals surface area contributed by atoms with Crippen molar-refractivity contribution in [1.29, 1.82) is 0 Å². The number of aliphatic hydroxyl groups excluding tert-OH is 1. The molecule has 0 amide bonds. The zero-order valence-corrected chi connectivity index (χ0v) is 8.14. The molecule has 1 fully saturated rings. The molecule has 1 N–H and O–H groups in total. The summed E-state index contributed by atoms with van der Waals surface area (Å²) in [6.07, 6.45) is 0. The summed E-state index contributed by atoms with van der Waals surface area (Å²) >= 11 is 1.63. The summed E-state index contributed by atoms with van der Waals surface area (Å²) in [7, 11) is 0. The van der Waals surface area contributed by atoms with Crippen molar-refractivity contribution in [3.8, 4) is 0 Å². The Morgan fingerprint density at radius 1 is 1.67 bits per heavy atom. The highest BCUT2D eigenvalue weighted by atomic mass is 32.1. The van der Waals surface area contributed by atoms with Gasteiger partial charge in [0.1, 0.15) is 0 Å². The molecule has 1 aliphatic rings. The van der Waals surface area contributed by atoms with Crippen molar-refractivity contribution in [1.82, 2.24) is 4.98 Å². The fraction of sp³-hybridized carbons (Fsp3) is 0.667. The van der Waals surface area contributed by atoms with E-state index in [1.54, 1.807) is 11.3 Å². The van der Waals surface area contributed by atoms with Gasteiger partial charge < -0.3 is 5.11 Å². The van der Waals surface area contributed by atoms with Crippen LogP contribution < -0.4 is 0 Å². The maximum atomic E-state index is 9.09. The van der Waals surface area contributed by atoms with Crippen molar-refractivity contribution in [3.63, 3.8) is 0 Å². The molecule has 1 aliphatic carbocycles. The van der Waals surface area contributed by atoms with Crippen molar-refractivity contribution in [2.75, 3.05) is 6.61 Å². The molecule has 0 aromatic carbocycles. The first-order valence-electron chi connectivity index (χ1n) is 4.17. The molecule has 2 rings (SSSR count). The summed E-state index contributed by atoms with van der Waals surface area (Å²) < 4.78 is 0. The van der Waals surface area contributed by atoms with E-state index in [-0.39, 0.29) is 12.0 Å². The number of aliphatic hydroxyl groups is 1. The van der Waals surface area contributed by atoms with Crippen LogP contribution in [-0.2, 0) is 0 Å². The lowest BCUT2D eigenvalue weighted by atomic mass is 10.1. The van der Waals surface area contributed by atoms with Crippen molar-refractivity contribution in [2.24, 2.45) is 11.3 Å². The first-order chi connectivity index (χ1) is 5.68. The highest BCUT2D eigenvalue weighted by Gasteiger charge is 2.58. The van der Waals surface area contributed by atoms with Crippen LogP contribution in [0.4, 0.5) is 0 Å². The minimum absolute atomic E-state index is 0.253. The van der Waals surface area contributed by atoms with E-state index in [9.17, 15) is 0 Å². The monoisotopic (exact) mass is 183 g/mol. The molecule has 0 radical (unpaired) electrons. The summed E-state index contributed by atoms with van der Waals surface area (Å²) in [5, 5.41) is 11.2. The van der Waals surface area contributed by atoms with Gasteiger partial charge in [-0.1, -0.05) is 13.8 Å². The van der Waals surface area contributed by atoms with Crippen LogP contribution in [0.25, 0.3) is 0 Å². The lowest BCUT2D eigenvalue weighted by molar-refractivity contribution is 0.256. The topological polar surface area (TPSA) is 33.1 Å². The standard InChI is InChI=1S/C9H13NOS/c1-9(2)6(3-11)8(9)7-4-12-5-10-7/h4-6,8,11H,3H2,1-2H3. The van der Waals surface area contributed by atoms with Crippen LogP contribution in [0.15, 0.2) is 10.9 Å². The van der Waals surface area contributed by atoms with Gasteiger partial charge in [0, 0.05) is 17.9 Å². The van der Waals surface area contributed by atoms with Gasteiger partial charge in [-0.3, -0.25) is 0 Å². The van der Waals surface area contributed by atoms with E-state index < -0.39 is 0 Å². The van der Waals surface area contributed by atoms with Crippen LogP contribution in [0, 0.1) is 11.3 Å². The SMILES string of the molecule is CC1(C)C(CO)C1c1cscn1. The zero-order valence-electron chi connectivity index (χ0n) is 7.32. The predicted molar refractivity (Wildman–Crippen MR) is 49.2 cm³/mol. The highest BCUT2D eigenvalue weighted by Crippen LogP contribution is 2.63. The van der Waals surface area contributed by atoms with Crippen LogP contribution in [0.3, 0.4) is 0 Å². The second-order valence-electron chi connectivity index (χ2n) is 4.00. The molecule has 2 unspecified atom stereocenters. The average Bonchev–Trinajstić information content (AvgIpc) is 2.50. The molecular formula is C9H13NOS. The summed E-state index contributed by atoms with van der Waals surface area (Å²) in [6, 6.07) is 0. The molecule has 0 spiro atoms. The van der Waals surface area contributed by atoms with E-state index in [4.69, 9.17) is 5.11 Å². The van der Waals surface area contributed by atoms with Gasteiger partial charge in [0.15, 0.2) is 0 Å². The average molecular weight is 183 g/mol. The number of aromatic nitrogens is 1. The van der Waals surface area contributed by atoms with Gasteiger partial charge in [0.25, 0.3) is 0 Å². The lowest BCUT2D eigenvalue weighted by Crippen LogP contribution is -1.93. The Labute approximate surface area is 76.3 Å². The summed E-state index contributed by atoms with van der Waals surface area (Å²) in [6.45, 7) is 4.67. The van der Waals surface area contributed by atoms with Crippen molar-refractivity contribution in [2.45, 2.75) is 19.8 Å². The number of thiazole rings is 1. The molecular weight excluding hydrogens is 170 g/mol. The number of hydrogen-bond acceptors (Lipinski definition) is 3. The number of rotatable bonds is 2. The Morgan fingerprint density at radius 2 is 2.42 bits per heavy atom. The van der Waals surface area contributed by atoms with E-state index >= 15 is 0 Å². The van der Waals surface area contributed by atoms with E-state index in [0.717, 1.165) is 5.69 Å². The van der Waals surface area contributed by atoms with Crippen molar-refractivity contribution < 1.29 is 5.11 Å². The molecule has 1 heterocycles. The van der Waals surface area contributed by atoms with E-state index in [1.165, 1.54) is 0 Å². The van der Waals surface area contributed by atoms with Gasteiger partial charge in [-0.05, 0) is 11.3 Å². The summed E-state index contributed by atoms with van der Waals surface area (Å²) in [5.74, 6) is 0.897. The number of nitrogens with zero attached hydrogens (tertiary/aromatic N) is 1.